The number of rotatable bonds is 7. The Morgan fingerprint density at radius 2 is 1.75 bits per heavy atom. The number of aromatic nitrogens is 2. The highest BCUT2D eigenvalue weighted by atomic mass is 35.5. The van der Waals surface area contributed by atoms with E-state index in [4.69, 9.17) is 44.6 Å². The molecule has 4 rings (SSSR count). The Balaban J connectivity index is 1.71. The van der Waals surface area contributed by atoms with Crippen LogP contribution in [0.15, 0.2) is 78.5 Å². The van der Waals surface area contributed by atoms with Crippen LogP contribution in [0.25, 0.3) is 17.3 Å². The van der Waals surface area contributed by atoms with Crippen LogP contribution in [0.5, 0.6) is 5.75 Å². The molecular formula is C27H19Cl3N4O2. The number of nitriles is 1. The highest BCUT2D eigenvalue weighted by Gasteiger charge is 2.16. The Labute approximate surface area is 223 Å². The standard InChI is InChI=1S/C27H19Cl3N4O2/c1-36-23-9-4-18(5-10-23)26-20(16-34(33-26)15-17-2-6-21(28)7-3-17)12-19(14-31)27(35)32-25-13-22(29)8-11-24(25)30/h2-13,16H,15H2,1H3,(H,32,35). The number of anilines is 1. The van der Waals surface area contributed by atoms with Crippen molar-refractivity contribution < 1.29 is 9.53 Å². The Morgan fingerprint density at radius 1 is 1.06 bits per heavy atom. The molecule has 0 unspecified atom stereocenters. The molecule has 3 aromatic carbocycles. The van der Waals surface area contributed by atoms with Crippen LogP contribution in [0.1, 0.15) is 11.1 Å². The zero-order chi connectivity index (χ0) is 25.7. The van der Waals surface area contributed by atoms with Gasteiger partial charge in [-0.05, 0) is 66.2 Å². The number of hydrogen-bond acceptors (Lipinski definition) is 4. The summed E-state index contributed by atoms with van der Waals surface area (Å²) in [5, 5.41) is 18.5. The second kappa shape index (κ2) is 11.3. The van der Waals surface area contributed by atoms with Gasteiger partial charge in [-0.15, -0.1) is 0 Å². The summed E-state index contributed by atoms with van der Waals surface area (Å²) in [7, 11) is 1.59. The van der Waals surface area contributed by atoms with Crippen LogP contribution in [-0.4, -0.2) is 22.8 Å². The Morgan fingerprint density at radius 3 is 2.42 bits per heavy atom. The number of benzene rings is 3. The van der Waals surface area contributed by atoms with Gasteiger partial charge < -0.3 is 10.1 Å². The van der Waals surface area contributed by atoms with Crippen molar-refractivity contribution in [2.45, 2.75) is 6.54 Å². The predicted octanol–water partition coefficient (Wildman–Crippen LogP) is 7.11. The van der Waals surface area contributed by atoms with Gasteiger partial charge in [-0.1, -0.05) is 46.9 Å². The van der Waals surface area contributed by atoms with Crippen LogP contribution in [0.2, 0.25) is 15.1 Å². The normalized spacial score (nSPS) is 11.1. The molecular weight excluding hydrogens is 519 g/mol. The molecule has 0 spiro atoms. The highest BCUT2D eigenvalue weighted by molar-refractivity contribution is 6.36. The van der Waals surface area contributed by atoms with E-state index in [1.165, 1.54) is 12.1 Å². The van der Waals surface area contributed by atoms with E-state index in [9.17, 15) is 10.1 Å². The van der Waals surface area contributed by atoms with E-state index in [2.05, 4.69) is 5.32 Å². The number of carbonyl (C=O) groups excluding carboxylic acids is 1. The molecule has 1 aromatic heterocycles. The first-order valence-corrected chi connectivity index (χ1v) is 11.8. The smallest absolute Gasteiger partial charge is 0.266 e. The van der Waals surface area contributed by atoms with Crippen LogP contribution in [0.3, 0.4) is 0 Å². The number of halogens is 3. The van der Waals surface area contributed by atoms with Crippen molar-refractivity contribution in [2.75, 3.05) is 12.4 Å². The average molecular weight is 538 g/mol. The Kier molecular flexibility index (Phi) is 7.97. The first-order chi connectivity index (χ1) is 17.4. The number of nitrogens with zero attached hydrogens (tertiary/aromatic N) is 3. The maximum absolute atomic E-state index is 12.9. The minimum Gasteiger partial charge on any atom is -0.497 e. The van der Waals surface area contributed by atoms with Gasteiger partial charge in [0.05, 0.1) is 30.1 Å². The van der Waals surface area contributed by atoms with Gasteiger partial charge >= 0.3 is 0 Å². The molecule has 180 valence electrons. The van der Waals surface area contributed by atoms with E-state index in [0.29, 0.717) is 44.3 Å². The van der Waals surface area contributed by atoms with Crippen molar-refractivity contribution in [3.8, 4) is 23.1 Å². The Hall–Kier alpha value is -3.76. The molecule has 0 bridgehead atoms. The van der Waals surface area contributed by atoms with Gasteiger partial charge in [0.1, 0.15) is 17.4 Å². The van der Waals surface area contributed by atoms with E-state index in [0.717, 1.165) is 11.1 Å². The van der Waals surface area contributed by atoms with Crippen molar-refractivity contribution in [3.63, 3.8) is 0 Å². The highest BCUT2D eigenvalue weighted by Crippen LogP contribution is 2.28. The molecule has 0 aliphatic rings. The maximum atomic E-state index is 12.9. The van der Waals surface area contributed by atoms with Gasteiger partial charge in [0.15, 0.2) is 0 Å². The molecule has 0 fully saturated rings. The number of ether oxygens (including phenoxy) is 1. The fraction of sp³-hybridized carbons (Fsp3) is 0.0741. The molecule has 1 amide bonds. The lowest BCUT2D eigenvalue weighted by molar-refractivity contribution is -0.112. The topological polar surface area (TPSA) is 79.9 Å². The molecule has 36 heavy (non-hydrogen) atoms. The summed E-state index contributed by atoms with van der Waals surface area (Å²) in [5.74, 6) is 0.0831. The van der Waals surface area contributed by atoms with Gasteiger partial charge in [0, 0.05) is 27.4 Å². The van der Waals surface area contributed by atoms with Gasteiger partial charge in [-0.2, -0.15) is 10.4 Å². The molecule has 0 aliphatic heterocycles. The van der Waals surface area contributed by atoms with E-state index in [-0.39, 0.29) is 5.57 Å². The molecule has 4 aromatic rings. The van der Waals surface area contributed by atoms with Crippen LogP contribution in [0, 0.1) is 11.3 Å². The fourth-order valence-electron chi connectivity index (χ4n) is 3.46. The van der Waals surface area contributed by atoms with Crippen LogP contribution < -0.4 is 10.1 Å². The summed E-state index contributed by atoms with van der Waals surface area (Å²) in [6.45, 7) is 0.473. The summed E-state index contributed by atoms with van der Waals surface area (Å²) in [4.78, 5) is 12.9. The quantitative estimate of drug-likeness (QED) is 0.201. The van der Waals surface area contributed by atoms with Crippen molar-refractivity contribution >= 4 is 52.5 Å². The van der Waals surface area contributed by atoms with E-state index in [1.807, 2.05) is 54.6 Å². The molecule has 0 aliphatic carbocycles. The van der Waals surface area contributed by atoms with Crippen molar-refractivity contribution in [2.24, 2.45) is 0 Å². The maximum Gasteiger partial charge on any atom is 0.266 e. The Bertz CT molecular complexity index is 1470. The second-order valence-corrected chi connectivity index (χ2v) is 9.01. The molecule has 0 saturated carbocycles. The van der Waals surface area contributed by atoms with Gasteiger partial charge in [0.2, 0.25) is 0 Å². The monoisotopic (exact) mass is 536 g/mol. The van der Waals surface area contributed by atoms with E-state index >= 15 is 0 Å². The third-order valence-electron chi connectivity index (χ3n) is 5.25. The second-order valence-electron chi connectivity index (χ2n) is 7.73. The zero-order valence-electron chi connectivity index (χ0n) is 19.0. The molecule has 0 saturated heterocycles. The summed E-state index contributed by atoms with van der Waals surface area (Å²) < 4.78 is 7.00. The van der Waals surface area contributed by atoms with E-state index in [1.54, 1.807) is 30.1 Å². The summed E-state index contributed by atoms with van der Waals surface area (Å²) in [5.41, 5.74) is 3.18. The lowest BCUT2D eigenvalue weighted by atomic mass is 10.1. The minimum atomic E-state index is -0.618. The summed E-state index contributed by atoms with van der Waals surface area (Å²) >= 11 is 18.2. The average Bonchev–Trinajstić information content (AvgIpc) is 3.28. The molecule has 0 radical (unpaired) electrons. The number of nitrogens with one attached hydrogen (secondary N) is 1. The van der Waals surface area contributed by atoms with Gasteiger partial charge in [-0.3, -0.25) is 9.48 Å². The third kappa shape index (κ3) is 6.07. The first-order valence-electron chi connectivity index (χ1n) is 10.7. The summed E-state index contributed by atoms with van der Waals surface area (Å²) in [6.07, 6.45) is 3.28. The van der Waals surface area contributed by atoms with Crippen LogP contribution in [0.4, 0.5) is 5.69 Å². The SMILES string of the molecule is COc1ccc(-c2nn(Cc3ccc(Cl)cc3)cc2C=C(C#N)C(=O)Nc2cc(Cl)ccc2Cl)cc1. The largest absolute Gasteiger partial charge is 0.497 e. The van der Waals surface area contributed by atoms with Crippen molar-refractivity contribution in [3.05, 3.63) is 105 Å². The van der Waals surface area contributed by atoms with E-state index < -0.39 is 5.91 Å². The lowest BCUT2D eigenvalue weighted by Gasteiger charge is -2.07. The fourth-order valence-corrected chi connectivity index (χ4v) is 3.92. The first kappa shape index (κ1) is 25.3. The van der Waals surface area contributed by atoms with Crippen LogP contribution in [-0.2, 0) is 11.3 Å². The van der Waals surface area contributed by atoms with Crippen LogP contribution >= 0.6 is 34.8 Å². The molecule has 9 heteroatoms. The molecule has 1 N–H and O–H groups in total. The number of amides is 1. The zero-order valence-corrected chi connectivity index (χ0v) is 21.3. The molecule has 1 heterocycles. The lowest BCUT2D eigenvalue weighted by Crippen LogP contribution is -2.13. The third-order valence-corrected chi connectivity index (χ3v) is 6.07. The van der Waals surface area contributed by atoms with Gasteiger partial charge in [0.25, 0.3) is 5.91 Å². The molecule has 0 atom stereocenters. The van der Waals surface area contributed by atoms with Gasteiger partial charge in [-0.25, -0.2) is 0 Å². The predicted molar refractivity (Wildman–Crippen MR) is 143 cm³/mol. The summed E-state index contributed by atoms with van der Waals surface area (Å²) in [6, 6.07) is 21.5. The number of carbonyl (C=O) groups is 1. The number of hydrogen-bond donors (Lipinski definition) is 1. The van der Waals surface area contributed by atoms with Crippen molar-refractivity contribution in [1.29, 1.82) is 5.26 Å². The minimum absolute atomic E-state index is 0.119. The molecule has 6 nitrogen and oxygen atoms in total. The number of methoxy groups -OCH3 is 1. The van der Waals surface area contributed by atoms with Crippen molar-refractivity contribution in [1.82, 2.24) is 9.78 Å².